The van der Waals surface area contributed by atoms with Gasteiger partial charge >= 0.3 is 6.03 Å². The van der Waals surface area contributed by atoms with Gasteiger partial charge in [0.05, 0.1) is 12.2 Å². The summed E-state index contributed by atoms with van der Waals surface area (Å²) in [5.74, 6) is -1.72. The molecule has 32 heavy (non-hydrogen) atoms. The second-order valence-corrected chi connectivity index (χ2v) is 7.13. The molecule has 10 heteroatoms. The summed E-state index contributed by atoms with van der Waals surface area (Å²) in [5, 5.41) is 2.61. The molecule has 1 aliphatic rings. The normalized spacial score (nSPS) is 13.1. The molecule has 1 aliphatic heterocycles. The number of para-hydroxylation sites is 1. The topological polar surface area (TPSA) is 75.9 Å². The van der Waals surface area contributed by atoms with Gasteiger partial charge in [0.25, 0.3) is 0 Å². The van der Waals surface area contributed by atoms with Crippen LogP contribution in [0.2, 0.25) is 0 Å². The Hall–Kier alpha value is -4.21. The molecular formula is C22H15F3N6O. The molecule has 0 bridgehead atoms. The zero-order valence-corrected chi connectivity index (χ0v) is 16.7. The Bertz CT molecular complexity index is 1330. The Morgan fingerprint density at radius 2 is 1.72 bits per heavy atom. The number of aryl methyl sites for hydroxylation is 1. The third-order valence-corrected chi connectivity index (χ3v) is 5.12. The molecule has 3 heterocycles. The summed E-state index contributed by atoms with van der Waals surface area (Å²) in [6, 6.07) is 8.20. The Kier molecular flexibility index (Phi) is 4.62. The number of aromatic nitrogens is 4. The molecule has 0 unspecified atom stereocenters. The summed E-state index contributed by atoms with van der Waals surface area (Å²) in [7, 11) is 1.74. The van der Waals surface area contributed by atoms with Crippen molar-refractivity contribution < 1.29 is 18.0 Å². The summed E-state index contributed by atoms with van der Waals surface area (Å²) in [4.78, 5) is 26.9. The number of nitrogens with one attached hydrogen (secondary N) is 1. The number of imidazole rings is 1. The molecular weight excluding hydrogens is 421 g/mol. The monoisotopic (exact) mass is 436 g/mol. The average molecular weight is 436 g/mol. The number of carbonyl (C=O) groups excluding carboxylic acids is 1. The zero-order chi connectivity index (χ0) is 22.4. The number of hydrogen-bond donors (Lipinski definition) is 1. The molecule has 0 radical (unpaired) electrons. The predicted octanol–water partition coefficient (Wildman–Crippen LogP) is 4.32. The third-order valence-electron chi connectivity index (χ3n) is 5.12. The summed E-state index contributed by atoms with van der Waals surface area (Å²) >= 11 is 0. The standard InChI is InChI=1S/C22H15F3N6O/c1-30-10-9-26-21(30)19-28-17(12-5-7-13(23)8-6-12)14-11-27-22(32)31(20(14)29-19)18-15(24)3-2-4-16(18)25/h2-10H,11H2,1H3,(H,27,32). The van der Waals surface area contributed by atoms with Gasteiger partial charge in [0.15, 0.2) is 17.5 Å². The van der Waals surface area contributed by atoms with E-state index in [-0.39, 0.29) is 18.2 Å². The van der Waals surface area contributed by atoms with Crippen LogP contribution in [0.25, 0.3) is 22.9 Å². The fourth-order valence-electron chi connectivity index (χ4n) is 3.60. The van der Waals surface area contributed by atoms with Gasteiger partial charge in [0.2, 0.25) is 0 Å². The lowest BCUT2D eigenvalue weighted by atomic mass is 10.0. The van der Waals surface area contributed by atoms with E-state index in [4.69, 9.17) is 0 Å². The smallest absolute Gasteiger partial charge is 0.328 e. The number of benzene rings is 2. The Balaban J connectivity index is 1.81. The molecule has 1 N–H and O–H groups in total. The maximum absolute atomic E-state index is 14.6. The van der Waals surface area contributed by atoms with Gasteiger partial charge in [0, 0.05) is 30.6 Å². The highest BCUT2D eigenvalue weighted by Crippen LogP contribution is 2.38. The van der Waals surface area contributed by atoms with Gasteiger partial charge in [-0.3, -0.25) is 0 Å². The quantitative estimate of drug-likeness (QED) is 0.519. The number of amides is 2. The summed E-state index contributed by atoms with van der Waals surface area (Å²) in [6.07, 6.45) is 3.24. The Labute approximate surface area is 180 Å². The van der Waals surface area contributed by atoms with E-state index in [2.05, 4.69) is 20.3 Å². The van der Waals surface area contributed by atoms with E-state index in [1.165, 1.54) is 30.3 Å². The Morgan fingerprint density at radius 1 is 1.00 bits per heavy atom. The van der Waals surface area contributed by atoms with Crippen LogP contribution in [0.5, 0.6) is 0 Å². The van der Waals surface area contributed by atoms with Crippen molar-refractivity contribution >= 4 is 17.5 Å². The van der Waals surface area contributed by atoms with Gasteiger partial charge in [-0.15, -0.1) is 0 Å². The van der Waals surface area contributed by atoms with Crippen LogP contribution in [-0.2, 0) is 13.6 Å². The minimum absolute atomic E-state index is 0.0186. The van der Waals surface area contributed by atoms with Crippen molar-refractivity contribution in [1.82, 2.24) is 24.8 Å². The molecule has 7 nitrogen and oxygen atoms in total. The number of nitrogens with zero attached hydrogens (tertiary/aromatic N) is 5. The van der Waals surface area contributed by atoms with E-state index in [1.54, 1.807) is 24.0 Å². The fraction of sp³-hybridized carbons (Fsp3) is 0.0909. The first-order chi connectivity index (χ1) is 15.4. The van der Waals surface area contributed by atoms with Crippen LogP contribution >= 0.6 is 0 Å². The SMILES string of the molecule is Cn1ccnc1-c1nc(-c2ccc(F)cc2)c2c(n1)N(c1c(F)cccc1F)C(=O)NC2. The predicted molar refractivity (Wildman–Crippen MR) is 110 cm³/mol. The lowest BCUT2D eigenvalue weighted by molar-refractivity contribution is 0.246. The largest absolute Gasteiger partial charge is 0.333 e. The van der Waals surface area contributed by atoms with Crippen molar-refractivity contribution in [2.24, 2.45) is 7.05 Å². The van der Waals surface area contributed by atoms with Crippen LogP contribution in [0.1, 0.15) is 5.56 Å². The fourth-order valence-corrected chi connectivity index (χ4v) is 3.60. The molecule has 2 amide bonds. The molecule has 0 spiro atoms. The zero-order valence-electron chi connectivity index (χ0n) is 16.7. The minimum atomic E-state index is -0.923. The lowest BCUT2D eigenvalue weighted by Gasteiger charge is -2.30. The molecule has 4 aromatic rings. The van der Waals surface area contributed by atoms with Crippen LogP contribution in [0.15, 0.2) is 54.9 Å². The highest BCUT2D eigenvalue weighted by Gasteiger charge is 2.34. The molecule has 2 aromatic carbocycles. The number of halogens is 3. The van der Waals surface area contributed by atoms with Gasteiger partial charge in [0.1, 0.15) is 23.1 Å². The molecule has 2 aromatic heterocycles. The van der Waals surface area contributed by atoms with E-state index >= 15 is 0 Å². The number of urea groups is 1. The third kappa shape index (κ3) is 3.16. The maximum Gasteiger partial charge on any atom is 0.328 e. The summed E-state index contributed by atoms with van der Waals surface area (Å²) < 4.78 is 44.5. The van der Waals surface area contributed by atoms with E-state index in [0.717, 1.165) is 17.0 Å². The van der Waals surface area contributed by atoms with Crippen molar-refractivity contribution in [3.05, 3.63) is 77.9 Å². The first-order valence-corrected chi connectivity index (χ1v) is 9.60. The van der Waals surface area contributed by atoms with Gasteiger partial charge in [-0.25, -0.2) is 37.8 Å². The highest BCUT2D eigenvalue weighted by molar-refractivity contribution is 6.02. The van der Waals surface area contributed by atoms with Gasteiger partial charge in [-0.2, -0.15) is 0 Å². The number of hydrogen-bond acceptors (Lipinski definition) is 4. The van der Waals surface area contributed by atoms with Crippen LogP contribution in [0.4, 0.5) is 29.5 Å². The van der Waals surface area contributed by atoms with Gasteiger partial charge in [-0.05, 0) is 36.4 Å². The first-order valence-electron chi connectivity index (χ1n) is 9.60. The maximum atomic E-state index is 14.6. The molecule has 0 fully saturated rings. The average Bonchev–Trinajstić information content (AvgIpc) is 3.20. The number of fused-ring (bicyclic) bond motifs is 1. The van der Waals surface area contributed by atoms with E-state index < -0.39 is 29.2 Å². The minimum Gasteiger partial charge on any atom is -0.333 e. The van der Waals surface area contributed by atoms with Crippen LogP contribution < -0.4 is 10.2 Å². The molecule has 0 aliphatic carbocycles. The van der Waals surface area contributed by atoms with Crippen molar-refractivity contribution in [2.45, 2.75) is 6.54 Å². The van der Waals surface area contributed by atoms with E-state index in [0.29, 0.717) is 22.6 Å². The highest BCUT2D eigenvalue weighted by atomic mass is 19.1. The van der Waals surface area contributed by atoms with Crippen LogP contribution in [0, 0.1) is 17.5 Å². The second kappa shape index (κ2) is 7.49. The molecule has 0 saturated carbocycles. The van der Waals surface area contributed by atoms with Crippen molar-refractivity contribution in [2.75, 3.05) is 4.90 Å². The number of rotatable bonds is 3. The van der Waals surface area contributed by atoms with Crippen molar-refractivity contribution in [3.8, 4) is 22.9 Å². The van der Waals surface area contributed by atoms with Crippen LogP contribution in [0.3, 0.4) is 0 Å². The molecule has 0 saturated heterocycles. The van der Waals surface area contributed by atoms with Crippen molar-refractivity contribution in [1.29, 1.82) is 0 Å². The van der Waals surface area contributed by atoms with Gasteiger partial charge in [-0.1, -0.05) is 6.07 Å². The Morgan fingerprint density at radius 3 is 2.38 bits per heavy atom. The van der Waals surface area contributed by atoms with E-state index in [9.17, 15) is 18.0 Å². The van der Waals surface area contributed by atoms with E-state index in [1.807, 2.05) is 0 Å². The van der Waals surface area contributed by atoms with Crippen LogP contribution in [-0.4, -0.2) is 25.6 Å². The second-order valence-electron chi connectivity index (χ2n) is 7.13. The molecule has 0 atom stereocenters. The number of carbonyl (C=O) groups is 1. The summed E-state index contributed by atoms with van der Waals surface area (Å²) in [5.41, 5.74) is 0.803. The molecule has 160 valence electrons. The first kappa shape index (κ1) is 19.7. The summed E-state index contributed by atoms with van der Waals surface area (Å²) in [6.45, 7) is 0.0221. The lowest BCUT2D eigenvalue weighted by Crippen LogP contribution is -2.43. The van der Waals surface area contributed by atoms with Crippen molar-refractivity contribution in [3.63, 3.8) is 0 Å². The molecule has 5 rings (SSSR count). The number of anilines is 2. The van der Waals surface area contributed by atoms with Gasteiger partial charge < -0.3 is 9.88 Å².